The molecule has 1 saturated heterocycles. The molecule has 1 fully saturated rings. The first-order valence-corrected chi connectivity index (χ1v) is 7.26. The largest absolute Gasteiger partial charge is 0.481 e. The van der Waals surface area contributed by atoms with Gasteiger partial charge >= 0.3 is 12.1 Å². The fourth-order valence-corrected chi connectivity index (χ4v) is 2.76. The summed E-state index contributed by atoms with van der Waals surface area (Å²) in [5, 5.41) is 9.14. The maximum atomic E-state index is 13.3. The van der Waals surface area contributed by atoms with Crippen molar-refractivity contribution in [2.45, 2.75) is 31.9 Å². The molecule has 1 amide bonds. The van der Waals surface area contributed by atoms with Gasteiger partial charge < -0.3 is 10.0 Å². The van der Waals surface area contributed by atoms with Crippen LogP contribution < -0.4 is 0 Å². The Morgan fingerprint density at radius 1 is 1.30 bits per heavy atom. The molecule has 7 heteroatoms. The van der Waals surface area contributed by atoms with Crippen LogP contribution in [0.5, 0.6) is 0 Å². The average Bonchev–Trinajstić information content (AvgIpc) is 2.88. The molecule has 0 radical (unpaired) electrons. The fraction of sp³-hybridized carbons (Fsp3) is 0.500. The second-order valence-electron chi connectivity index (χ2n) is 6.14. The van der Waals surface area contributed by atoms with Gasteiger partial charge in [-0.05, 0) is 18.9 Å². The number of hydrogen-bond acceptors (Lipinski definition) is 2. The molecule has 2 atom stereocenters. The van der Waals surface area contributed by atoms with Gasteiger partial charge in [-0.3, -0.25) is 9.59 Å². The minimum Gasteiger partial charge on any atom is -0.481 e. The molecule has 126 valence electrons. The third-order valence-electron chi connectivity index (χ3n) is 4.32. The Hall–Kier alpha value is -2.05. The van der Waals surface area contributed by atoms with E-state index in [-0.39, 0.29) is 25.1 Å². The number of aliphatic carboxylic acids is 1. The van der Waals surface area contributed by atoms with Crippen molar-refractivity contribution in [2.75, 3.05) is 13.1 Å². The molecule has 1 heterocycles. The molecular weight excluding hydrogens is 311 g/mol. The second-order valence-corrected chi connectivity index (χ2v) is 6.14. The zero-order valence-electron chi connectivity index (χ0n) is 12.6. The molecule has 4 nitrogen and oxygen atoms in total. The number of carboxylic acid groups (broad SMARTS) is 1. The molecular formula is C16H18F3NO3. The normalized spacial score (nSPS) is 22.9. The highest BCUT2D eigenvalue weighted by Crippen LogP contribution is 2.39. The highest BCUT2D eigenvalue weighted by Gasteiger charge is 2.46. The summed E-state index contributed by atoms with van der Waals surface area (Å²) in [4.78, 5) is 24.6. The number of benzene rings is 1. The molecule has 1 N–H and O–H groups in total. The van der Waals surface area contributed by atoms with Crippen molar-refractivity contribution < 1.29 is 27.9 Å². The molecule has 23 heavy (non-hydrogen) atoms. The number of alkyl halides is 3. The predicted molar refractivity (Wildman–Crippen MR) is 76.8 cm³/mol. The van der Waals surface area contributed by atoms with Crippen LogP contribution in [0.15, 0.2) is 30.3 Å². The first-order chi connectivity index (χ1) is 10.6. The number of carbonyl (C=O) groups excluding carboxylic acids is 1. The van der Waals surface area contributed by atoms with Crippen LogP contribution in [0.2, 0.25) is 0 Å². The van der Waals surface area contributed by atoms with Gasteiger partial charge in [-0.25, -0.2) is 0 Å². The third-order valence-corrected chi connectivity index (χ3v) is 4.32. The van der Waals surface area contributed by atoms with Crippen molar-refractivity contribution in [2.24, 2.45) is 5.41 Å². The minimum absolute atomic E-state index is 0.0357. The number of rotatable bonds is 4. The number of likely N-dealkylation sites (tertiary alicyclic amines) is 1. The fourth-order valence-electron chi connectivity index (χ4n) is 2.76. The molecule has 1 aliphatic rings. The molecule has 0 aromatic heterocycles. The van der Waals surface area contributed by atoms with Crippen LogP contribution in [-0.2, 0) is 9.59 Å². The van der Waals surface area contributed by atoms with Crippen LogP contribution in [0.1, 0.15) is 31.2 Å². The van der Waals surface area contributed by atoms with Crippen molar-refractivity contribution >= 4 is 11.9 Å². The van der Waals surface area contributed by atoms with E-state index in [1.165, 1.54) is 36.1 Å². The number of halogens is 3. The van der Waals surface area contributed by atoms with Crippen molar-refractivity contribution in [1.29, 1.82) is 0 Å². The summed E-state index contributed by atoms with van der Waals surface area (Å²) in [6, 6.07) is 7.29. The lowest BCUT2D eigenvalue weighted by Crippen LogP contribution is -2.36. The molecule has 1 aromatic rings. The van der Waals surface area contributed by atoms with E-state index in [1.807, 2.05) is 0 Å². The van der Waals surface area contributed by atoms with Crippen molar-refractivity contribution in [3.05, 3.63) is 35.9 Å². The highest BCUT2D eigenvalue weighted by atomic mass is 19.4. The lowest BCUT2D eigenvalue weighted by Gasteiger charge is -2.24. The van der Waals surface area contributed by atoms with E-state index in [4.69, 9.17) is 5.11 Å². The van der Waals surface area contributed by atoms with E-state index >= 15 is 0 Å². The van der Waals surface area contributed by atoms with Crippen molar-refractivity contribution in [3.8, 4) is 0 Å². The summed E-state index contributed by atoms with van der Waals surface area (Å²) < 4.78 is 39.8. The summed E-state index contributed by atoms with van der Waals surface area (Å²) >= 11 is 0. The molecule has 1 aromatic carbocycles. The van der Waals surface area contributed by atoms with Crippen LogP contribution in [0, 0.1) is 5.41 Å². The van der Waals surface area contributed by atoms with E-state index in [0.717, 1.165) is 0 Å². The van der Waals surface area contributed by atoms with Gasteiger partial charge in [-0.15, -0.1) is 0 Å². The Morgan fingerprint density at radius 2 is 1.91 bits per heavy atom. The quantitative estimate of drug-likeness (QED) is 0.924. The number of amides is 1. The zero-order valence-corrected chi connectivity index (χ0v) is 12.6. The molecule has 0 bridgehead atoms. The van der Waals surface area contributed by atoms with Gasteiger partial charge in [0.05, 0.1) is 11.3 Å². The molecule has 2 rings (SSSR count). The predicted octanol–water partition coefficient (Wildman–Crippen LogP) is 3.05. The molecule has 0 saturated carbocycles. The van der Waals surface area contributed by atoms with Crippen LogP contribution in [0.4, 0.5) is 13.2 Å². The lowest BCUT2D eigenvalue weighted by molar-refractivity contribution is -0.160. The van der Waals surface area contributed by atoms with Crippen LogP contribution in [0.25, 0.3) is 0 Å². The number of carboxylic acids is 1. The van der Waals surface area contributed by atoms with Crippen LogP contribution in [-0.4, -0.2) is 41.1 Å². The van der Waals surface area contributed by atoms with Gasteiger partial charge in [0.15, 0.2) is 0 Å². The standard InChI is InChI=1S/C16H18F3NO3/c1-15(14(22)23)7-8-20(10-15)13(21)9-12(16(17,18)19)11-5-3-2-4-6-11/h2-6,12H,7-10H2,1H3,(H,22,23). The summed E-state index contributed by atoms with van der Waals surface area (Å²) in [6.45, 7) is 1.61. The number of hydrogen-bond donors (Lipinski definition) is 1. The van der Waals surface area contributed by atoms with Crippen LogP contribution >= 0.6 is 0 Å². The summed E-state index contributed by atoms with van der Waals surface area (Å²) in [6.07, 6.45) is -4.99. The third kappa shape index (κ3) is 3.83. The van der Waals surface area contributed by atoms with Crippen molar-refractivity contribution in [3.63, 3.8) is 0 Å². The highest BCUT2D eigenvalue weighted by molar-refractivity contribution is 5.81. The summed E-state index contributed by atoms with van der Waals surface area (Å²) in [7, 11) is 0. The number of nitrogens with zero attached hydrogens (tertiary/aromatic N) is 1. The first-order valence-electron chi connectivity index (χ1n) is 7.26. The Morgan fingerprint density at radius 3 is 2.39 bits per heavy atom. The Labute approximate surface area is 131 Å². The molecule has 0 spiro atoms. The van der Waals surface area contributed by atoms with E-state index in [0.29, 0.717) is 0 Å². The van der Waals surface area contributed by atoms with Gasteiger partial charge in [0, 0.05) is 19.5 Å². The Balaban J connectivity index is 2.12. The zero-order chi connectivity index (χ0) is 17.3. The maximum Gasteiger partial charge on any atom is 0.396 e. The molecule has 1 aliphatic heterocycles. The maximum absolute atomic E-state index is 13.3. The molecule has 2 unspecified atom stereocenters. The van der Waals surface area contributed by atoms with Gasteiger partial charge in [-0.1, -0.05) is 30.3 Å². The summed E-state index contributed by atoms with van der Waals surface area (Å²) in [5.74, 6) is -3.59. The average molecular weight is 329 g/mol. The Kier molecular flexibility index (Phi) is 4.68. The monoisotopic (exact) mass is 329 g/mol. The van der Waals surface area contributed by atoms with E-state index < -0.39 is 35.8 Å². The lowest BCUT2D eigenvalue weighted by atomic mass is 9.90. The van der Waals surface area contributed by atoms with Gasteiger partial charge in [-0.2, -0.15) is 13.2 Å². The van der Waals surface area contributed by atoms with Gasteiger partial charge in [0.25, 0.3) is 0 Å². The van der Waals surface area contributed by atoms with Gasteiger partial charge in [0.2, 0.25) is 5.91 Å². The second kappa shape index (κ2) is 6.22. The van der Waals surface area contributed by atoms with Crippen molar-refractivity contribution in [1.82, 2.24) is 4.90 Å². The van der Waals surface area contributed by atoms with E-state index in [1.54, 1.807) is 6.07 Å². The van der Waals surface area contributed by atoms with Crippen LogP contribution in [0.3, 0.4) is 0 Å². The molecule has 0 aliphatic carbocycles. The van der Waals surface area contributed by atoms with E-state index in [2.05, 4.69) is 0 Å². The Bertz CT molecular complexity index is 588. The summed E-state index contributed by atoms with van der Waals surface area (Å²) in [5.41, 5.74) is -1.05. The van der Waals surface area contributed by atoms with E-state index in [9.17, 15) is 22.8 Å². The smallest absolute Gasteiger partial charge is 0.396 e. The first kappa shape index (κ1) is 17.3. The van der Waals surface area contributed by atoms with Gasteiger partial charge in [0.1, 0.15) is 0 Å². The SMILES string of the molecule is CC1(C(=O)O)CCN(C(=O)CC(c2ccccc2)C(F)(F)F)C1. The minimum atomic E-state index is -4.53. The topological polar surface area (TPSA) is 57.6 Å². The number of carbonyl (C=O) groups is 2.